The average Bonchev–Trinajstić information content (AvgIpc) is 0.793. The predicted molar refractivity (Wildman–Crippen MR) is 416 cm³/mol. The lowest BCUT2D eigenvalue weighted by Gasteiger charge is -2.44. The number of aliphatic hydroxyl groups excluding tert-OH is 2. The summed E-state index contributed by atoms with van der Waals surface area (Å²) in [5.41, 5.74) is 1.33. The summed E-state index contributed by atoms with van der Waals surface area (Å²) in [6.45, 7) is 9.37. The number of carbonyl (C=O) groups is 7. The maximum atomic E-state index is 14.7. The van der Waals surface area contributed by atoms with Crippen molar-refractivity contribution >= 4 is 41.7 Å². The molecule has 18 heteroatoms. The number of ether oxygens (including phenoxy) is 6. The molecule has 18 nitrogen and oxygen atoms in total. The Bertz CT molecular complexity index is 2270. The lowest BCUT2D eigenvalue weighted by molar-refractivity contribution is -0.275. The first-order valence-corrected chi connectivity index (χ1v) is 42.9. The molecule has 9 atom stereocenters. The molecule has 104 heavy (non-hydrogen) atoms. The lowest BCUT2D eigenvalue weighted by Crippen LogP contribution is -2.66. The molecular formula is C86H152N2O16. The number of aliphatic carboxylic acids is 1. The molecule has 5 unspecified atom stereocenters. The molecule has 0 aliphatic carbocycles. The van der Waals surface area contributed by atoms with Crippen molar-refractivity contribution < 1.29 is 77.3 Å². The highest BCUT2D eigenvalue weighted by Gasteiger charge is 2.49. The van der Waals surface area contributed by atoms with Gasteiger partial charge in [-0.2, -0.15) is 0 Å². The number of carboxylic acid groups (broad SMARTS) is 1. The van der Waals surface area contributed by atoms with Crippen LogP contribution in [-0.4, -0.2) is 125 Å². The predicted octanol–water partition coefficient (Wildman–Crippen LogP) is 20.0. The summed E-state index contributed by atoms with van der Waals surface area (Å²) in [6, 6.07) is 7.17. The Morgan fingerprint density at radius 1 is 0.423 bits per heavy atom. The molecule has 0 aromatic heterocycles. The Morgan fingerprint density at radius 3 is 1.12 bits per heavy atom. The molecule has 1 aromatic rings. The van der Waals surface area contributed by atoms with Gasteiger partial charge >= 0.3 is 29.8 Å². The van der Waals surface area contributed by atoms with E-state index >= 15 is 0 Å². The van der Waals surface area contributed by atoms with Crippen molar-refractivity contribution in [3.63, 3.8) is 0 Å². The van der Waals surface area contributed by atoms with Crippen LogP contribution in [-0.2, 0) is 68.4 Å². The fourth-order valence-corrected chi connectivity index (χ4v) is 14.0. The second kappa shape index (κ2) is 66.5. The molecule has 0 saturated carbocycles. The van der Waals surface area contributed by atoms with Crippen molar-refractivity contribution in [2.45, 2.75) is 456 Å². The van der Waals surface area contributed by atoms with E-state index in [4.69, 9.17) is 28.4 Å². The van der Waals surface area contributed by atoms with Gasteiger partial charge in [-0.15, -0.1) is 0 Å². The largest absolute Gasteiger partial charge is 0.480 e. The van der Waals surface area contributed by atoms with Crippen molar-refractivity contribution in [3.05, 3.63) is 35.9 Å². The molecular weight excluding hydrogens is 1320 g/mol. The number of hydrogen-bond donors (Lipinski definition) is 5. The second-order valence-corrected chi connectivity index (χ2v) is 30.2. The summed E-state index contributed by atoms with van der Waals surface area (Å²) in [4.78, 5) is 96.9. The zero-order valence-electron chi connectivity index (χ0n) is 66.5. The Morgan fingerprint density at radius 2 is 0.760 bits per heavy atom. The van der Waals surface area contributed by atoms with E-state index in [0.29, 0.717) is 57.8 Å². The third-order valence-corrected chi connectivity index (χ3v) is 20.4. The molecule has 1 aromatic carbocycles. The van der Waals surface area contributed by atoms with Gasteiger partial charge in [-0.3, -0.25) is 28.8 Å². The van der Waals surface area contributed by atoms with Gasteiger partial charge in [0.15, 0.2) is 18.4 Å². The van der Waals surface area contributed by atoms with Crippen molar-refractivity contribution in [1.29, 1.82) is 0 Å². The topological polar surface area (TPSA) is 260 Å². The van der Waals surface area contributed by atoms with E-state index in [9.17, 15) is 48.9 Å². The molecule has 1 aliphatic heterocycles. The Kier molecular flexibility index (Phi) is 61.1. The fraction of sp³-hybridized carbons (Fsp3) is 0.849. The summed E-state index contributed by atoms with van der Waals surface area (Å²) >= 11 is 0. The van der Waals surface area contributed by atoms with Crippen molar-refractivity contribution in [2.24, 2.45) is 0 Å². The first-order valence-electron chi connectivity index (χ1n) is 42.9. The van der Waals surface area contributed by atoms with Gasteiger partial charge in [-0.25, -0.2) is 4.79 Å². The van der Waals surface area contributed by atoms with Gasteiger partial charge in [0.25, 0.3) is 0 Å². The number of rotatable bonds is 72. The number of aryl methyl sites for hydroxylation is 1. The number of carboxylic acids is 1. The van der Waals surface area contributed by atoms with Crippen molar-refractivity contribution in [3.8, 4) is 0 Å². The molecule has 0 radical (unpaired) electrons. The molecule has 1 fully saturated rings. The van der Waals surface area contributed by atoms with Crippen LogP contribution in [0.1, 0.15) is 400 Å². The van der Waals surface area contributed by atoms with Gasteiger partial charge in [0.1, 0.15) is 36.6 Å². The molecule has 2 amide bonds. The standard InChI is InChI=1S/C86H152N2O16/c1-6-11-16-21-26-29-34-40-50-59-71(100-78(92)62-53-43-32-24-19-14-9-4)65-76(90)87-74(85(97)98)69-99-86-82(88-77(91)66-72(60-51-41-35-30-27-22-17-12-7-2)101-79(93)63-54-44-33-25-20-15-10-5)84(83(96)75(68-89)103-86)104-81(95)67-73(61-52-42-36-31-28-23-18-13-8-3)102-80(94)64-55-45-38-37-39-47-56-70-57-48-46-49-58-70/h46,48-49,57-58,71-75,82-84,86,89,96H,6-45,47,50-56,59-69H2,1-5H3,(H,87,90)(H,88,91)(H,97,98)/t71-,72-,73-,74-,75?,82?,83?,84?,86?/m1/s1. The van der Waals surface area contributed by atoms with Crippen molar-refractivity contribution in [1.82, 2.24) is 10.6 Å². The SMILES string of the molecule is CCCCCCCCCCC[C@H](CC(=O)NC1C(OC[C@@H](NC(=O)C[C@@H](CCCCCCCCCCC)OC(=O)CCCCCCCCC)C(=O)O)OC(CO)C(O)C1OC(=O)C[C@@H](CCCCCCCCCCC)OC(=O)CCCCCCCCc1ccccc1)OC(=O)CCCCCCCCC. The van der Waals surface area contributed by atoms with Crippen molar-refractivity contribution in [2.75, 3.05) is 13.2 Å². The zero-order chi connectivity index (χ0) is 75.7. The number of hydrogen-bond acceptors (Lipinski definition) is 15. The molecule has 1 heterocycles. The summed E-state index contributed by atoms with van der Waals surface area (Å²) in [6.07, 6.45) is 41.4. The highest BCUT2D eigenvalue weighted by molar-refractivity contribution is 5.84. The monoisotopic (exact) mass is 1470 g/mol. The van der Waals surface area contributed by atoms with E-state index < -0.39 is 110 Å². The summed E-state index contributed by atoms with van der Waals surface area (Å²) in [7, 11) is 0. The van der Waals surface area contributed by atoms with Gasteiger partial charge in [-0.1, -0.05) is 322 Å². The van der Waals surface area contributed by atoms with Gasteiger partial charge in [0.2, 0.25) is 11.8 Å². The van der Waals surface area contributed by atoms with Crippen LogP contribution in [0.2, 0.25) is 0 Å². The van der Waals surface area contributed by atoms with E-state index in [1.807, 2.05) is 6.07 Å². The van der Waals surface area contributed by atoms with E-state index in [-0.39, 0.29) is 38.5 Å². The van der Waals surface area contributed by atoms with Crippen LogP contribution in [0.5, 0.6) is 0 Å². The number of nitrogens with one attached hydrogen (secondary N) is 2. The molecule has 0 spiro atoms. The first kappa shape index (κ1) is 95.4. The highest BCUT2D eigenvalue weighted by atomic mass is 16.7. The molecule has 602 valence electrons. The highest BCUT2D eigenvalue weighted by Crippen LogP contribution is 2.28. The molecule has 1 saturated heterocycles. The number of benzene rings is 1. The van der Waals surface area contributed by atoms with Crippen LogP contribution in [0, 0.1) is 0 Å². The minimum absolute atomic E-state index is 0.177. The number of carbonyl (C=O) groups excluding carboxylic acids is 6. The number of amides is 2. The first-order chi connectivity index (χ1) is 50.7. The summed E-state index contributed by atoms with van der Waals surface area (Å²) in [5.74, 6) is -4.95. The molecule has 5 N–H and O–H groups in total. The number of unbranched alkanes of at least 4 members (excludes halogenated alkanes) is 41. The van der Waals surface area contributed by atoms with Gasteiger partial charge in [0, 0.05) is 19.3 Å². The van der Waals surface area contributed by atoms with Crippen LogP contribution >= 0.6 is 0 Å². The van der Waals surface area contributed by atoms with Crippen LogP contribution in [0.3, 0.4) is 0 Å². The van der Waals surface area contributed by atoms with Crippen LogP contribution < -0.4 is 10.6 Å². The summed E-state index contributed by atoms with van der Waals surface area (Å²) < 4.78 is 36.7. The van der Waals surface area contributed by atoms with Crippen LogP contribution in [0.4, 0.5) is 0 Å². The normalized spacial score (nSPS) is 17.0. The van der Waals surface area contributed by atoms with E-state index in [1.165, 1.54) is 95.5 Å². The third kappa shape index (κ3) is 51.6. The van der Waals surface area contributed by atoms with Gasteiger partial charge in [0.05, 0.1) is 32.5 Å². The number of aliphatic hydroxyl groups is 2. The van der Waals surface area contributed by atoms with Crippen LogP contribution in [0.25, 0.3) is 0 Å². The van der Waals surface area contributed by atoms with E-state index in [0.717, 1.165) is 180 Å². The van der Waals surface area contributed by atoms with E-state index in [1.54, 1.807) is 0 Å². The lowest BCUT2D eigenvalue weighted by atomic mass is 9.96. The van der Waals surface area contributed by atoms with Crippen LogP contribution in [0.15, 0.2) is 30.3 Å². The maximum Gasteiger partial charge on any atom is 0.328 e. The quantitative estimate of drug-likeness (QED) is 0.0231. The van der Waals surface area contributed by atoms with Gasteiger partial charge < -0.3 is 54.4 Å². The Labute approximate surface area is 631 Å². The molecule has 1 aliphatic rings. The van der Waals surface area contributed by atoms with E-state index in [2.05, 4.69) is 69.5 Å². The summed E-state index contributed by atoms with van der Waals surface area (Å²) in [5, 5.41) is 38.9. The Hall–Kier alpha value is -4.65. The number of esters is 4. The molecule has 0 bridgehead atoms. The smallest absolute Gasteiger partial charge is 0.328 e. The third-order valence-electron chi connectivity index (χ3n) is 20.4. The maximum absolute atomic E-state index is 14.7. The fourth-order valence-electron chi connectivity index (χ4n) is 14.0. The average molecular weight is 1470 g/mol. The zero-order valence-corrected chi connectivity index (χ0v) is 66.5. The second-order valence-electron chi connectivity index (χ2n) is 30.2. The minimum atomic E-state index is -1.77. The molecule has 2 rings (SSSR count). The van der Waals surface area contributed by atoms with Gasteiger partial charge in [-0.05, 0) is 76.2 Å². The Balaban J connectivity index is 2.49. The minimum Gasteiger partial charge on any atom is -0.480 e.